The molecule has 0 aromatic carbocycles. The molecule has 0 fully saturated rings. The van der Waals surface area contributed by atoms with Gasteiger partial charge in [0.25, 0.3) is 0 Å². The van der Waals surface area contributed by atoms with Gasteiger partial charge in [0.05, 0.1) is 30.5 Å². The van der Waals surface area contributed by atoms with Crippen molar-refractivity contribution in [2.45, 2.75) is 19.9 Å². The molecule has 0 saturated carbocycles. The molecular weight excluding hydrogens is 193 g/mol. The van der Waals surface area contributed by atoms with E-state index in [0.29, 0.717) is 6.54 Å². The molecule has 0 atom stereocenters. The van der Waals surface area contributed by atoms with Crippen LogP contribution in [0.25, 0.3) is 0 Å². The lowest BCUT2D eigenvalue weighted by Gasteiger charge is -2.00. The third-order valence-electron chi connectivity index (χ3n) is 2.18. The number of rotatable bonds is 3. The average molecular weight is 205 g/mol. The largest absolute Gasteiger partial charge is 0.331 e. The second-order valence-electron chi connectivity index (χ2n) is 3.36. The number of halogens is 1. The molecule has 3 nitrogen and oxygen atoms in total. The Morgan fingerprint density at radius 3 is 2.73 bits per heavy atom. The van der Waals surface area contributed by atoms with Crippen LogP contribution in [-0.4, -0.2) is 14.5 Å². The molecule has 0 aliphatic carbocycles. The van der Waals surface area contributed by atoms with Crippen molar-refractivity contribution in [1.29, 1.82) is 0 Å². The minimum absolute atomic E-state index is 0.307. The molecule has 0 spiro atoms. The summed E-state index contributed by atoms with van der Waals surface area (Å²) >= 11 is 0. The fraction of sp³-hybridized carbons (Fsp3) is 0.273. The lowest BCUT2D eigenvalue weighted by Crippen LogP contribution is -1.99. The van der Waals surface area contributed by atoms with E-state index in [1.807, 2.05) is 10.8 Å². The SMILES string of the molecule is CCc1cn(Cc2ccc(F)cn2)cn1. The Hall–Kier alpha value is -1.71. The fourth-order valence-corrected chi connectivity index (χ4v) is 1.36. The van der Waals surface area contributed by atoms with Gasteiger partial charge in [-0.3, -0.25) is 4.98 Å². The van der Waals surface area contributed by atoms with Crippen molar-refractivity contribution in [3.05, 3.63) is 48.1 Å². The number of pyridine rings is 1. The summed E-state index contributed by atoms with van der Waals surface area (Å²) in [4.78, 5) is 8.19. The lowest BCUT2D eigenvalue weighted by atomic mass is 10.3. The fourth-order valence-electron chi connectivity index (χ4n) is 1.36. The molecular formula is C11H12FN3. The van der Waals surface area contributed by atoms with Crippen LogP contribution in [0.5, 0.6) is 0 Å². The van der Waals surface area contributed by atoms with Gasteiger partial charge < -0.3 is 4.57 Å². The van der Waals surface area contributed by atoms with E-state index in [-0.39, 0.29) is 5.82 Å². The van der Waals surface area contributed by atoms with Crippen LogP contribution in [0.4, 0.5) is 4.39 Å². The molecule has 4 heteroatoms. The average Bonchev–Trinajstić information content (AvgIpc) is 2.69. The highest BCUT2D eigenvalue weighted by Gasteiger charge is 1.99. The first-order chi connectivity index (χ1) is 7.28. The second kappa shape index (κ2) is 4.21. The predicted molar refractivity (Wildman–Crippen MR) is 54.9 cm³/mol. The minimum Gasteiger partial charge on any atom is -0.331 e. The van der Waals surface area contributed by atoms with Crippen LogP contribution in [0, 0.1) is 5.82 Å². The van der Waals surface area contributed by atoms with Gasteiger partial charge in [0, 0.05) is 6.20 Å². The van der Waals surface area contributed by atoms with Gasteiger partial charge in [0.2, 0.25) is 0 Å². The number of aryl methyl sites for hydroxylation is 1. The Labute approximate surface area is 87.6 Å². The number of aromatic nitrogens is 3. The molecule has 2 aromatic rings. The van der Waals surface area contributed by atoms with Crippen molar-refractivity contribution >= 4 is 0 Å². The minimum atomic E-state index is -0.307. The van der Waals surface area contributed by atoms with Crippen molar-refractivity contribution in [3.63, 3.8) is 0 Å². The maximum atomic E-state index is 12.6. The predicted octanol–water partition coefficient (Wildman–Crippen LogP) is 2.03. The van der Waals surface area contributed by atoms with E-state index in [0.717, 1.165) is 17.8 Å². The first-order valence-electron chi connectivity index (χ1n) is 4.89. The Morgan fingerprint density at radius 1 is 1.27 bits per heavy atom. The summed E-state index contributed by atoms with van der Waals surface area (Å²) in [5.74, 6) is -0.307. The van der Waals surface area contributed by atoms with E-state index in [1.54, 1.807) is 12.4 Å². The molecule has 2 heterocycles. The molecule has 0 bridgehead atoms. The van der Waals surface area contributed by atoms with E-state index in [4.69, 9.17) is 0 Å². The second-order valence-corrected chi connectivity index (χ2v) is 3.36. The quantitative estimate of drug-likeness (QED) is 0.767. The van der Waals surface area contributed by atoms with Crippen molar-refractivity contribution < 1.29 is 4.39 Å². The maximum Gasteiger partial charge on any atom is 0.141 e. The molecule has 0 radical (unpaired) electrons. The third kappa shape index (κ3) is 2.40. The molecule has 0 aliphatic heterocycles. The van der Waals surface area contributed by atoms with Gasteiger partial charge in [0.1, 0.15) is 5.82 Å². The molecule has 0 N–H and O–H groups in total. The van der Waals surface area contributed by atoms with Crippen LogP contribution in [0.1, 0.15) is 18.3 Å². The molecule has 2 aromatic heterocycles. The first kappa shape index (κ1) is 9.83. The zero-order valence-electron chi connectivity index (χ0n) is 8.52. The Morgan fingerprint density at radius 2 is 2.13 bits per heavy atom. The zero-order valence-corrected chi connectivity index (χ0v) is 8.52. The van der Waals surface area contributed by atoms with Gasteiger partial charge in [-0.2, -0.15) is 0 Å². The summed E-state index contributed by atoms with van der Waals surface area (Å²) in [6, 6.07) is 3.10. The summed E-state index contributed by atoms with van der Waals surface area (Å²) in [6.45, 7) is 2.69. The van der Waals surface area contributed by atoms with Gasteiger partial charge >= 0.3 is 0 Å². The third-order valence-corrected chi connectivity index (χ3v) is 2.18. The van der Waals surface area contributed by atoms with Crippen LogP contribution >= 0.6 is 0 Å². The van der Waals surface area contributed by atoms with Crippen LogP contribution < -0.4 is 0 Å². The highest BCUT2D eigenvalue weighted by atomic mass is 19.1. The highest BCUT2D eigenvalue weighted by molar-refractivity contribution is 5.07. The standard InChI is InChI=1S/C11H12FN3/c1-2-10-6-15(8-14-10)7-11-4-3-9(12)5-13-11/h3-6,8H,2,7H2,1H3. The first-order valence-corrected chi connectivity index (χ1v) is 4.89. The van der Waals surface area contributed by atoms with Gasteiger partial charge in [-0.15, -0.1) is 0 Å². The topological polar surface area (TPSA) is 30.7 Å². The molecule has 2 rings (SSSR count). The summed E-state index contributed by atoms with van der Waals surface area (Å²) in [5, 5.41) is 0. The summed E-state index contributed by atoms with van der Waals surface area (Å²) in [6.07, 6.45) is 5.89. The molecule has 0 saturated heterocycles. The van der Waals surface area contributed by atoms with Gasteiger partial charge in [-0.05, 0) is 18.6 Å². The van der Waals surface area contributed by atoms with Crippen LogP contribution in [0.2, 0.25) is 0 Å². The lowest BCUT2D eigenvalue weighted by molar-refractivity contribution is 0.617. The van der Waals surface area contributed by atoms with Gasteiger partial charge in [-0.1, -0.05) is 6.92 Å². The Bertz CT molecular complexity index is 433. The molecule has 78 valence electrons. The van der Waals surface area contributed by atoms with E-state index >= 15 is 0 Å². The van der Waals surface area contributed by atoms with Gasteiger partial charge in [0.15, 0.2) is 0 Å². The van der Waals surface area contributed by atoms with E-state index in [2.05, 4.69) is 16.9 Å². The number of hydrogen-bond acceptors (Lipinski definition) is 2. The van der Waals surface area contributed by atoms with E-state index in [9.17, 15) is 4.39 Å². The number of nitrogens with zero attached hydrogens (tertiary/aromatic N) is 3. The van der Waals surface area contributed by atoms with Crippen LogP contribution in [0.15, 0.2) is 30.9 Å². The summed E-state index contributed by atoms with van der Waals surface area (Å²) < 4.78 is 14.5. The maximum absolute atomic E-state index is 12.6. The van der Waals surface area contributed by atoms with Crippen molar-refractivity contribution in [2.75, 3.05) is 0 Å². The van der Waals surface area contributed by atoms with E-state index in [1.165, 1.54) is 12.3 Å². The number of imidazole rings is 1. The number of hydrogen-bond donors (Lipinski definition) is 0. The molecule has 0 unspecified atom stereocenters. The van der Waals surface area contributed by atoms with Gasteiger partial charge in [-0.25, -0.2) is 9.37 Å². The molecule has 0 amide bonds. The highest BCUT2D eigenvalue weighted by Crippen LogP contribution is 2.03. The Balaban J connectivity index is 2.11. The van der Waals surface area contributed by atoms with Crippen molar-refractivity contribution in [1.82, 2.24) is 14.5 Å². The van der Waals surface area contributed by atoms with Crippen LogP contribution in [-0.2, 0) is 13.0 Å². The summed E-state index contributed by atoms with van der Waals surface area (Å²) in [7, 11) is 0. The Kier molecular flexibility index (Phi) is 2.76. The van der Waals surface area contributed by atoms with E-state index < -0.39 is 0 Å². The monoisotopic (exact) mass is 205 g/mol. The molecule has 0 aliphatic rings. The summed E-state index contributed by atoms with van der Waals surface area (Å²) in [5.41, 5.74) is 1.88. The van der Waals surface area contributed by atoms with Crippen LogP contribution in [0.3, 0.4) is 0 Å². The smallest absolute Gasteiger partial charge is 0.141 e. The van der Waals surface area contributed by atoms with Crippen molar-refractivity contribution in [3.8, 4) is 0 Å². The normalized spacial score (nSPS) is 10.5. The van der Waals surface area contributed by atoms with Crippen molar-refractivity contribution in [2.24, 2.45) is 0 Å². The molecule has 15 heavy (non-hydrogen) atoms. The zero-order chi connectivity index (χ0) is 10.7.